The van der Waals surface area contributed by atoms with Crippen molar-refractivity contribution < 1.29 is 4.79 Å². The fraction of sp³-hybridized carbons (Fsp3) is 0.909. The van der Waals surface area contributed by atoms with Crippen molar-refractivity contribution in [2.75, 3.05) is 0 Å². The highest BCUT2D eigenvalue weighted by molar-refractivity contribution is 5.75. The Hall–Kier alpha value is -0.330. The maximum absolute atomic E-state index is 10.9. The number of hydrogen-bond donors (Lipinski definition) is 0. The maximum Gasteiger partial charge on any atom is 0.130 e. The molecule has 0 bridgehead atoms. The molecule has 12 heavy (non-hydrogen) atoms. The van der Waals surface area contributed by atoms with Gasteiger partial charge in [0.25, 0.3) is 0 Å². The first-order valence-corrected chi connectivity index (χ1v) is 5.19. The van der Waals surface area contributed by atoms with Crippen molar-refractivity contribution in [2.24, 2.45) is 11.8 Å². The third-order valence-electron chi connectivity index (χ3n) is 3.06. The lowest BCUT2D eigenvalue weighted by atomic mass is 9.79. The fourth-order valence-electron chi connectivity index (χ4n) is 2.32. The van der Waals surface area contributed by atoms with Crippen LogP contribution in [0.15, 0.2) is 0 Å². The van der Waals surface area contributed by atoms with Gasteiger partial charge in [-0.25, -0.2) is 0 Å². The molecular weight excluding hydrogens is 148 g/mol. The van der Waals surface area contributed by atoms with Gasteiger partial charge in [-0.2, -0.15) is 0 Å². The van der Waals surface area contributed by atoms with Gasteiger partial charge in [-0.1, -0.05) is 39.0 Å². The Morgan fingerprint density at radius 2 is 1.92 bits per heavy atom. The van der Waals surface area contributed by atoms with E-state index in [4.69, 9.17) is 0 Å². The Morgan fingerprint density at radius 3 is 2.42 bits per heavy atom. The Kier molecular flexibility index (Phi) is 3.77. The van der Waals surface area contributed by atoms with Crippen LogP contribution in [0.25, 0.3) is 0 Å². The largest absolute Gasteiger partial charge is 0.300 e. The van der Waals surface area contributed by atoms with E-state index in [1.807, 2.05) is 0 Å². The molecule has 0 aromatic rings. The Bertz CT molecular complexity index is 145. The van der Waals surface area contributed by atoms with Crippen molar-refractivity contribution in [1.82, 2.24) is 0 Å². The van der Waals surface area contributed by atoms with Gasteiger partial charge in [0.2, 0.25) is 0 Å². The van der Waals surface area contributed by atoms with Crippen molar-refractivity contribution >= 4 is 5.78 Å². The topological polar surface area (TPSA) is 17.1 Å². The summed E-state index contributed by atoms with van der Waals surface area (Å²) in [7, 11) is 0. The Balaban J connectivity index is 2.29. The van der Waals surface area contributed by atoms with Gasteiger partial charge in [0.1, 0.15) is 5.78 Å². The molecule has 0 aromatic carbocycles. The van der Waals surface area contributed by atoms with Crippen LogP contribution in [0.2, 0.25) is 0 Å². The van der Waals surface area contributed by atoms with Crippen LogP contribution in [0.4, 0.5) is 0 Å². The smallest absolute Gasteiger partial charge is 0.130 e. The summed E-state index contributed by atoms with van der Waals surface area (Å²) in [5, 5.41) is 0. The number of Topliss-reactive ketones (excluding diaryl/α,β-unsaturated/α-hetero) is 1. The van der Waals surface area contributed by atoms with E-state index in [-0.39, 0.29) is 0 Å². The predicted octanol–water partition coefficient (Wildman–Crippen LogP) is 3.18. The lowest BCUT2D eigenvalue weighted by Crippen LogP contribution is -2.17. The average molecular weight is 168 g/mol. The van der Waals surface area contributed by atoms with Crippen LogP contribution < -0.4 is 0 Å². The number of rotatable bonds is 3. The summed E-state index contributed by atoms with van der Waals surface area (Å²) < 4.78 is 0. The van der Waals surface area contributed by atoms with Crippen molar-refractivity contribution in [3.8, 4) is 0 Å². The third kappa shape index (κ3) is 2.96. The van der Waals surface area contributed by atoms with Crippen LogP contribution in [-0.2, 0) is 4.79 Å². The number of carbonyl (C=O) groups is 1. The summed E-state index contributed by atoms with van der Waals surface area (Å²) in [6.07, 6.45) is 7.68. The molecule has 0 saturated heterocycles. The van der Waals surface area contributed by atoms with Gasteiger partial charge >= 0.3 is 0 Å². The van der Waals surface area contributed by atoms with E-state index >= 15 is 0 Å². The molecule has 0 spiro atoms. The highest BCUT2D eigenvalue weighted by Crippen LogP contribution is 2.31. The molecule has 1 unspecified atom stereocenters. The first-order valence-electron chi connectivity index (χ1n) is 5.19. The van der Waals surface area contributed by atoms with Crippen LogP contribution >= 0.6 is 0 Å². The van der Waals surface area contributed by atoms with E-state index in [1.54, 1.807) is 6.92 Å². The minimum Gasteiger partial charge on any atom is -0.300 e. The molecule has 1 saturated carbocycles. The van der Waals surface area contributed by atoms with E-state index in [9.17, 15) is 4.79 Å². The molecule has 0 N–H and O–H groups in total. The standard InChI is InChI=1S/C11H20O/c1-9(8-10(2)12)11-6-4-3-5-7-11/h9,11H,3-8H2,1-2H3. The molecule has 0 aliphatic heterocycles. The molecule has 1 rings (SSSR count). The molecule has 1 nitrogen and oxygen atoms in total. The SMILES string of the molecule is CC(=O)CC(C)C1CCCCC1. The van der Waals surface area contributed by atoms with Gasteiger partial charge in [0, 0.05) is 6.42 Å². The summed E-state index contributed by atoms with van der Waals surface area (Å²) in [6, 6.07) is 0. The molecule has 1 aliphatic carbocycles. The molecule has 0 heterocycles. The minimum atomic E-state index is 0.355. The fourth-order valence-corrected chi connectivity index (χ4v) is 2.32. The lowest BCUT2D eigenvalue weighted by molar-refractivity contribution is -0.118. The van der Waals surface area contributed by atoms with Gasteiger partial charge in [-0.05, 0) is 18.8 Å². The molecule has 1 heteroatoms. The molecule has 0 aromatic heterocycles. The van der Waals surface area contributed by atoms with Crippen LogP contribution in [0.3, 0.4) is 0 Å². The van der Waals surface area contributed by atoms with E-state index in [2.05, 4.69) is 6.92 Å². The normalized spacial score (nSPS) is 22.2. The van der Waals surface area contributed by atoms with Gasteiger partial charge in [0.15, 0.2) is 0 Å². The summed E-state index contributed by atoms with van der Waals surface area (Å²) in [5.74, 6) is 1.82. The number of hydrogen-bond acceptors (Lipinski definition) is 1. The third-order valence-corrected chi connectivity index (χ3v) is 3.06. The maximum atomic E-state index is 10.9. The first kappa shape index (κ1) is 9.76. The van der Waals surface area contributed by atoms with Gasteiger partial charge in [-0.3, -0.25) is 0 Å². The highest BCUT2D eigenvalue weighted by Gasteiger charge is 2.20. The first-order chi connectivity index (χ1) is 5.70. The molecular formula is C11H20O. The van der Waals surface area contributed by atoms with Gasteiger partial charge in [0.05, 0.1) is 0 Å². The van der Waals surface area contributed by atoms with E-state index in [0.29, 0.717) is 11.7 Å². The van der Waals surface area contributed by atoms with E-state index in [0.717, 1.165) is 12.3 Å². The molecule has 0 amide bonds. The monoisotopic (exact) mass is 168 g/mol. The van der Waals surface area contributed by atoms with E-state index in [1.165, 1.54) is 32.1 Å². The molecule has 1 aliphatic rings. The zero-order valence-electron chi connectivity index (χ0n) is 8.31. The van der Waals surface area contributed by atoms with Crippen LogP contribution in [0.1, 0.15) is 52.4 Å². The summed E-state index contributed by atoms with van der Waals surface area (Å²) >= 11 is 0. The quantitative estimate of drug-likeness (QED) is 0.632. The molecule has 1 atom stereocenters. The van der Waals surface area contributed by atoms with Crippen LogP contribution in [0.5, 0.6) is 0 Å². The minimum absolute atomic E-state index is 0.355. The Morgan fingerprint density at radius 1 is 1.33 bits per heavy atom. The summed E-state index contributed by atoms with van der Waals surface area (Å²) in [6.45, 7) is 3.94. The zero-order chi connectivity index (χ0) is 8.97. The van der Waals surface area contributed by atoms with Gasteiger partial charge < -0.3 is 4.79 Å². The summed E-state index contributed by atoms with van der Waals surface area (Å²) in [4.78, 5) is 10.9. The molecule has 70 valence electrons. The molecule has 1 fully saturated rings. The second-order valence-corrected chi connectivity index (χ2v) is 4.28. The second-order valence-electron chi connectivity index (χ2n) is 4.28. The number of ketones is 1. The predicted molar refractivity (Wildman–Crippen MR) is 51.0 cm³/mol. The Labute approximate surface area is 75.5 Å². The van der Waals surface area contributed by atoms with E-state index < -0.39 is 0 Å². The summed E-state index contributed by atoms with van der Waals surface area (Å²) in [5.41, 5.74) is 0. The van der Waals surface area contributed by atoms with Crippen molar-refractivity contribution in [1.29, 1.82) is 0 Å². The van der Waals surface area contributed by atoms with Gasteiger partial charge in [-0.15, -0.1) is 0 Å². The van der Waals surface area contributed by atoms with Crippen molar-refractivity contribution in [3.63, 3.8) is 0 Å². The highest BCUT2D eigenvalue weighted by atomic mass is 16.1. The van der Waals surface area contributed by atoms with Crippen LogP contribution in [-0.4, -0.2) is 5.78 Å². The zero-order valence-corrected chi connectivity index (χ0v) is 8.31. The number of carbonyl (C=O) groups excluding carboxylic acids is 1. The average Bonchev–Trinajstić information content (AvgIpc) is 2.05. The van der Waals surface area contributed by atoms with Crippen molar-refractivity contribution in [2.45, 2.75) is 52.4 Å². The van der Waals surface area contributed by atoms with Crippen molar-refractivity contribution in [3.05, 3.63) is 0 Å². The second kappa shape index (κ2) is 4.64. The van der Waals surface area contributed by atoms with Crippen LogP contribution in [0, 0.1) is 11.8 Å². The molecule has 0 radical (unpaired) electrons. The lowest BCUT2D eigenvalue weighted by Gasteiger charge is -2.26.